The van der Waals surface area contributed by atoms with E-state index in [2.05, 4.69) is 9.82 Å². The lowest BCUT2D eigenvalue weighted by Crippen LogP contribution is -2.31. The molecule has 1 fully saturated rings. The van der Waals surface area contributed by atoms with Crippen molar-refractivity contribution in [2.75, 3.05) is 4.31 Å². The highest BCUT2D eigenvalue weighted by Gasteiger charge is 2.38. The van der Waals surface area contributed by atoms with E-state index >= 15 is 4.39 Å². The van der Waals surface area contributed by atoms with Gasteiger partial charge in [-0.25, -0.2) is 13.0 Å². The predicted octanol–water partition coefficient (Wildman–Crippen LogP) is 2.49. The first-order valence-corrected chi connectivity index (χ1v) is 9.76. The van der Waals surface area contributed by atoms with Crippen molar-refractivity contribution < 1.29 is 22.9 Å². The molecule has 0 radical (unpaired) electrons. The smallest absolute Gasteiger partial charge is 0.256 e. The Bertz CT molecular complexity index is 1130. The standard InChI is InChI=1S/C19H16F2N4O3S/c1-11-19(27)23-29(28)25(11)18-16(26)6-5-15(17(18)21)13-8-22-24(10-13)9-12-3-2-4-14(20)7-12/h2-8,10-11,26H,9H2,1H3,(H,23,27). The molecule has 1 aliphatic heterocycles. The number of halogens is 2. The maximum Gasteiger partial charge on any atom is 0.256 e. The summed E-state index contributed by atoms with van der Waals surface area (Å²) < 4.78 is 45.5. The van der Waals surface area contributed by atoms with Crippen molar-refractivity contribution in [2.24, 2.45) is 0 Å². The number of hydrogen-bond acceptors (Lipinski definition) is 4. The second-order valence-electron chi connectivity index (χ2n) is 6.57. The van der Waals surface area contributed by atoms with Gasteiger partial charge in [0.2, 0.25) is 11.2 Å². The van der Waals surface area contributed by atoms with Gasteiger partial charge in [-0.2, -0.15) is 5.10 Å². The number of rotatable bonds is 4. The fourth-order valence-corrected chi connectivity index (χ4v) is 4.31. The van der Waals surface area contributed by atoms with Gasteiger partial charge in [0, 0.05) is 17.3 Å². The van der Waals surface area contributed by atoms with Gasteiger partial charge in [0.15, 0.2) is 5.82 Å². The summed E-state index contributed by atoms with van der Waals surface area (Å²) in [4.78, 5) is 11.8. The molecule has 4 rings (SSSR count). The summed E-state index contributed by atoms with van der Waals surface area (Å²) in [6.45, 7) is 1.75. The van der Waals surface area contributed by atoms with Gasteiger partial charge in [0.25, 0.3) is 5.91 Å². The quantitative estimate of drug-likeness (QED) is 0.682. The summed E-state index contributed by atoms with van der Waals surface area (Å²) in [5, 5.41) is 14.3. The second kappa shape index (κ2) is 7.28. The molecular weight excluding hydrogens is 402 g/mol. The lowest BCUT2D eigenvalue weighted by atomic mass is 10.1. The van der Waals surface area contributed by atoms with Gasteiger partial charge in [0.1, 0.15) is 23.3 Å². The van der Waals surface area contributed by atoms with Crippen molar-refractivity contribution in [3.05, 3.63) is 66.0 Å². The van der Waals surface area contributed by atoms with Crippen LogP contribution in [-0.2, 0) is 22.5 Å². The highest BCUT2D eigenvalue weighted by molar-refractivity contribution is 7.85. The largest absolute Gasteiger partial charge is 0.506 e. The summed E-state index contributed by atoms with van der Waals surface area (Å²) in [6, 6.07) is 7.79. The number of phenols is 1. The Balaban J connectivity index is 1.69. The topological polar surface area (TPSA) is 87.5 Å². The van der Waals surface area contributed by atoms with Crippen LogP contribution in [0.3, 0.4) is 0 Å². The fourth-order valence-electron chi connectivity index (χ4n) is 3.15. The van der Waals surface area contributed by atoms with Gasteiger partial charge in [-0.15, -0.1) is 0 Å². The molecule has 2 N–H and O–H groups in total. The molecule has 1 aliphatic rings. The van der Waals surface area contributed by atoms with E-state index in [-0.39, 0.29) is 23.6 Å². The molecule has 2 unspecified atom stereocenters. The molecule has 0 aliphatic carbocycles. The Labute approximate surface area is 167 Å². The SMILES string of the molecule is CC1C(=O)NS(=O)N1c1c(O)ccc(-c2cnn(Cc3cccc(F)c3)c2)c1F. The lowest BCUT2D eigenvalue weighted by Gasteiger charge is -2.21. The van der Waals surface area contributed by atoms with E-state index in [1.54, 1.807) is 18.3 Å². The van der Waals surface area contributed by atoms with E-state index in [4.69, 9.17) is 0 Å². The average molecular weight is 418 g/mol. The minimum Gasteiger partial charge on any atom is -0.506 e. The van der Waals surface area contributed by atoms with E-state index in [0.29, 0.717) is 11.1 Å². The summed E-state index contributed by atoms with van der Waals surface area (Å²) in [5.41, 5.74) is 0.894. The van der Waals surface area contributed by atoms with Crippen LogP contribution in [0.15, 0.2) is 48.8 Å². The number of nitrogens with zero attached hydrogens (tertiary/aromatic N) is 3. The lowest BCUT2D eigenvalue weighted by molar-refractivity contribution is -0.119. The first kappa shape index (κ1) is 19.1. The first-order chi connectivity index (χ1) is 13.8. The van der Waals surface area contributed by atoms with Crippen molar-refractivity contribution >= 4 is 22.8 Å². The Morgan fingerprint density at radius 2 is 2.07 bits per heavy atom. The number of carbonyl (C=O) groups excluding carboxylic acids is 1. The van der Waals surface area contributed by atoms with Gasteiger partial charge in [-0.3, -0.25) is 18.5 Å². The number of aromatic hydroxyl groups is 1. The van der Waals surface area contributed by atoms with Crippen LogP contribution in [0.5, 0.6) is 5.75 Å². The van der Waals surface area contributed by atoms with Gasteiger partial charge in [-0.1, -0.05) is 12.1 Å². The number of anilines is 1. The average Bonchev–Trinajstić information content (AvgIpc) is 3.21. The number of benzene rings is 2. The predicted molar refractivity (Wildman–Crippen MR) is 103 cm³/mol. The van der Waals surface area contributed by atoms with Crippen LogP contribution in [0.1, 0.15) is 12.5 Å². The molecule has 2 aromatic carbocycles. The fraction of sp³-hybridized carbons (Fsp3) is 0.158. The summed E-state index contributed by atoms with van der Waals surface area (Å²) in [7, 11) is 0. The van der Waals surface area contributed by atoms with E-state index < -0.39 is 34.7 Å². The Morgan fingerprint density at radius 1 is 1.28 bits per heavy atom. The van der Waals surface area contributed by atoms with Gasteiger partial charge < -0.3 is 5.11 Å². The number of aromatic nitrogens is 2. The Kier molecular flexibility index (Phi) is 4.79. The van der Waals surface area contributed by atoms with E-state index in [0.717, 1.165) is 4.31 Å². The number of phenolic OH excluding ortho intramolecular Hbond substituents is 1. The highest BCUT2D eigenvalue weighted by atomic mass is 32.2. The van der Waals surface area contributed by atoms with Crippen molar-refractivity contribution in [2.45, 2.75) is 19.5 Å². The van der Waals surface area contributed by atoms with Crippen LogP contribution < -0.4 is 9.03 Å². The zero-order valence-electron chi connectivity index (χ0n) is 15.2. The van der Waals surface area contributed by atoms with Crippen molar-refractivity contribution in [1.82, 2.24) is 14.5 Å². The maximum atomic E-state index is 15.3. The third-order valence-electron chi connectivity index (χ3n) is 4.59. The molecular formula is C19H16F2N4O3S. The minimum atomic E-state index is -2.00. The van der Waals surface area contributed by atoms with Crippen LogP contribution >= 0.6 is 0 Å². The number of amides is 1. The van der Waals surface area contributed by atoms with Crippen molar-refractivity contribution in [1.29, 1.82) is 0 Å². The molecule has 1 saturated heterocycles. The van der Waals surface area contributed by atoms with Gasteiger partial charge in [-0.05, 0) is 36.8 Å². The first-order valence-electron chi connectivity index (χ1n) is 8.65. The summed E-state index contributed by atoms with van der Waals surface area (Å²) >= 11 is -2.00. The van der Waals surface area contributed by atoms with Crippen LogP contribution in [0, 0.1) is 11.6 Å². The van der Waals surface area contributed by atoms with Gasteiger partial charge >= 0.3 is 0 Å². The van der Waals surface area contributed by atoms with E-state index in [1.165, 1.54) is 42.1 Å². The zero-order chi connectivity index (χ0) is 20.7. The normalized spacial score (nSPS) is 18.9. The maximum absolute atomic E-state index is 15.3. The Hall–Kier alpha value is -3.27. The molecule has 29 heavy (non-hydrogen) atoms. The van der Waals surface area contributed by atoms with Crippen LogP contribution in [0.2, 0.25) is 0 Å². The molecule has 0 bridgehead atoms. The molecule has 0 saturated carbocycles. The highest BCUT2D eigenvalue weighted by Crippen LogP contribution is 2.39. The number of carbonyl (C=O) groups is 1. The van der Waals surface area contributed by atoms with Crippen LogP contribution in [-0.4, -0.2) is 31.0 Å². The monoisotopic (exact) mass is 418 g/mol. The minimum absolute atomic E-state index is 0.117. The summed E-state index contributed by atoms with van der Waals surface area (Å²) in [6.07, 6.45) is 3.02. The molecule has 1 amide bonds. The van der Waals surface area contributed by atoms with E-state index in [9.17, 15) is 18.5 Å². The molecule has 150 valence electrons. The number of nitrogens with one attached hydrogen (secondary N) is 1. The van der Waals surface area contributed by atoms with Crippen LogP contribution in [0.25, 0.3) is 11.1 Å². The molecule has 3 aromatic rings. The van der Waals surface area contributed by atoms with E-state index in [1.807, 2.05) is 0 Å². The third-order valence-corrected chi connectivity index (χ3v) is 5.82. The van der Waals surface area contributed by atoms with Crippen LogP contribution in [0.4, 0.5) is 14.5 Å². The molecule has 7 nitrogen and oxygen atoms in total. The molecule has 2 heterocycles. The second-order valence-corrected chi connectivity index (χ2v) is 7.66. The summed E-state index contributed by atoms with van der Waals surface area (Å²) in [5.74, 6) is -2.16. The van der Waals surface area contributed by atoms with Crippen molar-refractivity contribution in [3.63, 3.8) is 0 Å². The Morgan fingerprint density at radius 3 is 2.76 bits per heavy atom. The molecule has 2 atom stereocenters. The zero-order valence-corrected chi connectivity index (χ0v) is 16.0. The molecule has 10 heteroatoms. The number of hydrogen-bond donors (Lipinski definition) is 2. The molecule has 0 spiro atoms. The molecule has 1 aromatic heterocycles. The van der Waals surface area contributed by atoms with Crippen molar-refractivity contribution in [3.8, 4) is 16.9 Å². The van der Waals surface area contributed by atoms with Gasteiger partial charge in [0.05, 0.1) is 12.7 Å². The third kappa shape index (κ3) is 3.46.